The lowest BCUT2D eigenvalue weighted by Crippen LogP contribution is -1.90. The molecule has 75 valence electrons. The standard InChI is InChI=1S/C9H9Cl2N2O/c1-2-14-13-4-3-9-8(11)5-7(10)6-12-9/h3-6H,2H2,1H3/b13-4+. The summed E-state index contributed by atoms with van der Waals surface area (Å²) in [4.78, 5) is 8.77. The summed E-state index contributed by atoms with van der Waals surface area (Å²) in [6.45, 7) is 2.39. The van der Waals surface area contributed by atoms with Gasteiger partial charge in [-0.25, -0.2) is 0 Å². The molecule has 1 heterocycles. The first-order valence-electron chi connectivity index (χ1n) is 4.03. The van der Waals surface area contributed by atoms with Crippen molar-refractivity contribution in [3.8, 4) is 0 Å². The molecule has 0 N–H and O–H groups in total. The summed E-state index contributed by atoms with van der Waals surface area (Å²) in [7, 11) is 0. The van der Waals surface area contributed by atoms with E-state index < -0.39 is 0 Å². The van der Waals surface area contributed by atoms with Gasteiger partial charge in [-0.15, -0.1) is 0 Å². The molecule has 1 aromatic heterocycles. The molecule has 0 spiro atoms. The van der Waals surface area contributed by atoms with Crippen molar-refractivity contribution >= 4 is 29.4 Å². The molecule has 5 heteroatoms. The summed E-state index contributed by atoms with van der Waals surface area (Å²) in [5, 5.41) is 4.63. The molecule has 0 aromatic carbocycles. The van der Waals surface area contributed by atoms with Gasteiger partial charge >= 0.3 is 0 Å². The van der Waals surface area contributed by atoms with E-state index >= 15 is 0 Å². The number of aromatic nitrogens is 1. The van der Waals surface area contributed by atoms with Crippen molar-refractivity contribution in [2.45, 2.75) is 6.92 Å². The Morgan fingerprint density at radius 1 is 1.57 bits per heavy atom. The Labute approximate surface area is 92.7 Å². The Balaban J connectivity index is 2.59. The van der Waals surface area contributed by atoms with Crippen LogP contribution in [-0.2, 0) is 4.84 Å². The van der Waals surface area contributed by atoms with Crippen LogP contribution in [0.1, 0.15) is 12.6 Å². The highest BCUT2D eigenvalue weighted by atomic mass is 35.5. The average Bonchev–Trinajstić information content (AvgIpc) is 2.15. The lowest BCUT2D eigenvalue weighted by molar-refractivity contribution is 0.160. The third-order valence-electron chi connectivity index (χ3n) is 1.33. The van der Waals surface area contributed by atoms with Crippen LogP contribution in [0.3, 0.4) is 0 Å². The lowest BCUT2D eigenvalue weighted by Gasteiger charge is -1.98. The normalized spacial score (nSPS) is 10.8. The minimum Gasteiger partial charge on any atom is -0.396 e. The molecule has 1 radical (unpaired) electrons. The van der Waals surface area contributed by atoms with Gasteiger partial charge in [0.2, 0.25) is 0 Å². The van der Waals surface area contributed by atoms with Crippen LogP contribution < -0.4 is 0 Å². The van der Waals surface area contributed by atoms with Crippen molar-refractivity contribution in [1.82, 2.24) is 4.98 Å². The third-order valence-corrected chi connectivity index (χ3v) is 1.84. The molecule has 0 aliphatic carbocycles. The van der Waals surface area contributed by atoms with Crippen molar-refractivity contribution in [3.05, 3.63) is 34.4 Å². The van der Waals surface area contributed by atoms with Gasteiger partial charge in [0.1, 0.15) is 6.61 Å². The molecule has 3 nitrogen and oxygen atoms in total. The maximum absolute atomic E-state index is 5.86. The Hall–Kier alpha value is -0.800. The van der Waals surface area contributed by atoms with Crippen molar-refractivity contribution < 1.29 is 4.84 Å². The largest absolute Gasteiger partial charge is 0.396 e. The van der Waals surface area contributed by atoms with E-state index in [1.807, 2.05) is 6.92 Å². The summed E-state index contributed by atoms with van der Waals surface area (Å²) in [5.41, 5.74) is 0.611. The van der Waals surface area contributed by atoms with Crippen LogP contribution in [0, 0.1) is 6.42 Å². The fraction of sp³-hybridized carbons (Fsp3) is 0.222. The first-order chi connectivity index (χ1) is 6.74. The van der Waals surface area contributed by atoms with E-state index in [4.69, 9.17) is 28.0 Å². The molecule has 0 fully saturated rings. The minimum absolute atomic E-state index is 0.487. The molecule has 0 atom stereocenters. The molecule has 14 heavy (non-hydrogen) atoms. The Kier molecular flexibility index (Phi) is 4.70. The van der Waals surface area contributed by atoms with Gasteiger partial charge in [0, 0.05) is 6.20 Å². The lowest BCUT2D eigenvalue weighted by atomic mass is 10.3. The zero-order chi connectivity index (χ0) is 10.4. The van der Waals surface area contributed by atoms with E-state index in [-0.39, 0.29) is 0 Å². The smallest absolute Gasteiger partial charge is 0.114 e. The maximum Gasteiger partial charge on any atom is 0.114 e. The van der Waals surface area contributed by atoms with Gasteiger partial charge in [0.25, 0.3) is 0 Å². The van der Waals surface area contributed by atoms with E-state index in [9.17, 15) is 0 Å². The summed E-state index contributed by atoms with van der Waals surface area (Å²) in [5.74, 6) is 0. The number of halogens is 2. The molecule has 0 amide bonds. The van der Waals surface area contributed by atoms with Gasteiger partial charge in [-0.3, -0.25) is 4.98 Å². The van der Waals surface area contributed by atoms with E-state index in [1.54, 1.807) is 12.5 Å². The van der Waals surface area contributed by atoms with Crippen LogP contribution in [0.5, 0.6) is 0 Å². The third kappa shape index (κ3) is 3.52. The van der Waals surface area contributed by atoms with Crippen LogP contribution in [-0.4, -0.2) is 17.8 Å². The Morgan fingerprint density at radius 3 is 3.00 bits per heavy atom. The molecule has 0 bridgehead atoms. The summed E-state index contributed by atoms with van der Waals surface area (Å²) in [6.07, 6.45) is 4.66. The Morgan fingerprint density at radius 2 is 2.36 bits per heavy atom. The van der Waals surface area contributed by atoms with Crippen molar-refractivity contribution in [2.75, 3.05) is 6.61 Å². The predicted octanol–water partition coefficient (Wildman–Crippen LogP) is 2.96. The second-order valence-corrected chi connectivity index (χ2v) is 3.20. The molecule has 0 saturated carbocycles. The van der Waals surface area contributed by atoms with Crippen LogP contribution >= 0.6 is 23.2 Å². The fourth-order valence-corrected chi connectivity index (χ4v) is 1.21. The van der Waals surface area contributed by atoms with Gasteiger partial charge in [0.05, 0.1) is 28.4 Å². The molecule has 0 saturated heterocycles. The van der Waals surface area contributed by atoms with Crippen LogP contribution in [0.25, 0.3) is 0 Å². The molecular formula is C9H9Cl2N2O. The van der Waals surface area contributed by atoms with E-state index in [0.717, 1.165) is 0 Å². The quantitative estimate of drug-likeness (QED) is 0.590. The van der Waals surface area contributed by atoms with Gasteiger partial charge in [-0.1, -0.05) is 28.4 Å². The molecule has 0 aliphatic heterocycles. The van der Waals surface area contributed by atoms with Gasteiger partial charge in [-0.05, 0) is 13.0 Å². The topological polar surface area (TPSA) is 34.5 Å². The molecule has 1 rings (SSSR count). The predicted molar refractivity (Wildman–Crippen MR) is 57.8 cm³/mol. The monoisotopic (exact) mass is 231 g/mol. The van der Waals surface area contributed by atoms with E-state index in [2.05, 4.69) is 10.1 Å². The van der Waals surface area contributed by atoms with Crippen molar-refractivity contribution in [1.29, 1.82) is 0 Å². The van der Waals surface area contributed by atoms with Crippen LogP contribution in [0.15, 0.2) is 17.4 Å². The summed E-state index contributed by atoms with van der Waals surface area (Å²) in [6, 6.07) is 1.62. The van der Waals surface area contributed by atoms with Crippen molar-refractivity contribution in [3.63, 3.8) is 0 Å². The SMILES string of the molecule is CCO/N=C/[CH]c1ncc(Cl)cc1Cl. The highest BCUT2D eigenvalue weighted by Crippen LogP contribution is 2.18. The minimum atomic E-state index is 0.487. The highest BCUT2D eigenvalue weighted by molar-refractivity contribution is 6.35. The second kappa shape index (κ2) is 5.83. The first-order valence-corrected chi connectivity index (χ1v) is 4.79. The van der Waals surface area contributed by atoms with E-state index in [1.165, 1.54) is 12.4 Å². The van der Waals surface area contributed by atoms with E-state index in [0.29, 0.717) is 22.3 Å². The fourth-order valence-electron chi connectivity index (χ4n) is 0.766. The average molecular weight is 232 g/mol. The molecule has 1 aromatic rings. The van der Waals surface area contributed by atoms with Crippen LogP contribution in [0.4, 0.5) is 0 Å². The zero-order valence-electron chi connectivity index (χ0n) is 7.58. The van der Waals surface area contributed by atoms with Crippen molar-refractivity contribution in [2.24, 2.45) is 5.16 Å². The number of hydrogen-bond acceptors (Lipinski definition) is 3. The summed E-state index contributed by atoms with van der Waals surface area (Å²) < 4.78 is 0. The number of nitrogens with zero attached hydrogens (tertiary/aromatic N) is 2. The number of oxime groups is 1. The Bertz CT molecular complexity index is 329. The first kappa shape index (κ1) is 11.3. The summed E-state index contributed by atoms with van der Waals surface area (Å²) >= 11 is 11.5. The number of pyridine rings is 1. The molecule has 0 aliphatic rings. The molecule has 0 unspecified atom stereocenters. The zero-order valence-corrected chi connectivity index (χ0v) is 9.09. The maximum atomic E-state index is 5.86. The number of hydrogen-bond donors (Lipinski definition) is 0. The highest BCUT2D eigenvalue weighted by Gasteiger charge is 2.01. The van der Waals surface area contributed by atoms with Gasteiger partial charge in [-0.2, -0.15) is 0 Å². The number of rotatable bonds is 4. The molecular weight excluding hydrogens is 223 g/mol. The van der Waals surface area contributed by atoms with Crippen LogP contribution in [0.2, 0.25) is 10.0 Å². The second-order valence-electron chi connectivity index (χ2n) is 2.36. The van der Waals surface area contributed by atoms with Gasteiger partial charge in [0.15, 0.2) is 0 Å². The van der Waals surface area contributed by atoms with Gasteiger partial charge < -0.3 is 4.84 Å².